The van der Waals surface area contributed by atoms with Crippen LogP contribution in [0.2, 0.25) is 0 Å². The second-order valence-corrected chi connectivity index (χ2v) is 6.26. The summed E-state index contributed by atoms with van der Waals surface area (Å²) in [5.74, 6) is 1.14. The first-order chi connectivity index (χ1) is 12.3. The van der Waals surface area contributed by atoms with E-state index in [4.69, 9.17) is 9.47 Å². The van der Waals surface area contributed by atoms with Gasteiger partial charge in [-0.2, -0.15) is 0 Å². The first-order valence-corrected chi connectivity index (χ1v) is 9.19. The van der Waals surface area contributed by atoms with Crippen LogP contribution in [-0.4, -0.2) is 57.1 Å². The van der Waals surface area contributed by atoms with Crippen LogP contribution in [0.25, 0.3) is 0 Å². The van der Waals surface area contributed by atoms with Crippen LogP contribution in [0, 0.1) is 0 Å². The third-order valence-electron chi connectivity index (χ3n) is 4.18. The molecule has 1 aromatic carbocycles. The molecule has 6 heteroatoms. The number of phenols is 1. The van der Waals surface area contributed by atoms with Gasteiger partial charge >= 0.3 is 0 Å². The molecular weight excluding hydrogens is 318 g/mol. The predicted molar refractivity (Wildman–Crippen MR) is 100 cm³/mol. The first kappa shape index (κ1) is 19.5. The number of phenolic OH excluding ortho intramolecular Hbond substituents is 1. The molecule has 1 aromatic rings. The third-order valence-corrected chi connectivity index (χ3v) is 4.18. The van der Waals surface area contributed by atoms with Crippen molar-refractivity contribution < 1.29 is 14.6 Å². The van der Waals surface area contributed by atoms with Crippen LogP contribution in [0.3, 0.4) is 0 Å². The second kappa shape index (κ2) is 11.7. The SMILES string of the molecule is CN=C(NCCCOCC1CCCO1)NCCCc1ccc(O)cc1. The molecule has 1 heterocycles. The summed E-state index contributed by atoms with van der Waals surface area (Å²) >= 11 is 0. The van der Waals surface area contributed by atoms with Crippen LogP contribution >= 0.6 is 0 Å². The number of aryl methyl sites for hydroxylation is 1. The molecule has 25 heavy (non-hydrogen) atoms. The Balaban J connectivity index is 1.46. The Morgan fingerprint density at radius 3 is 2.68 bits per heavy atom. The van der Waals surface area contributed by atoms with Gasteiger partial charge in [0, 0.05) is 33.4 Å². The minimum atomic E-state index is 0.302. The summed E-state index contributed by atoms with van der Waals surface area (Å²) in [5, 5.41) is 15.9. The average molecular weight is 349 g/mol. The summed E-state index contributed by atoms with van der Waals surface area (Å²) in [6, 6.07) is 7.37. The van der Waals surface area contributed by atoms with E-state index in [1.54, 1.807) is 19.2 Å². The van der Waals surface area contributed by atoms with E-state index in [0.717, 1.165) is 64.4 Å². The number of hydrogen-bond donors (Lipinski definition) is 3. The van der Waals surface area contributed by atoms with E-state index in [2.05, 4.69) is 15.6 Å². The van der Waals surface area contributed by atoms with Gasteiger partial charge in [-0.3, -0.25) is 4.99 Å². The molecule has 0 saturated carbocycles. The quantitative estimate of drug-likeness (QED) is 0.343. The van der Waals surface area contributed by atoms with Crippen LogP contribution in [0.4, 0.5) is 0 Å². The van der Waals surface area contributed by atoms with Gasteiger partial charge in [0.15, 0.2) is 5.96 Å². The van der Waals surface area contributed by atoms with Crippen LogP contribution in [0.5, 0.6) is 5.75 Å². The van der Waals surface area contributed by atoms with Crippen molar-refractivity contribution in [2.75, 3.05) is 40.0 Å². The van der Waals surface area contributed by atoms with Crippen molar-refractivity contribution in [3.05, 3.63) is 29.8 Å². The van der Waals surface area contributed by atoms with Crippen molar-refractivity contribution in [1.82, 2.24) is 10.6 Å². The zero-order chi connectivity index (χ0) is 17.7. The summed E-state index contributed by atoms with van der Waals surface area (Å²) in [5.41, 5.74) is 1.23. The molecule has 0 aliphatic carbocycles. The topological polar surface area (TPSA) is 75.1 Å². The van der Waals surface area contributed by atoms with Crippen LogP contribution in [0.1, 0.15) is 31.2 Å². The lowest BCUT2D eigenvalue weighted by Gasteiger charge is -2.13. The van der Waals surface area contributed by atoms with Crippen LogP contribution < -0.4 is 10.6 Å². The van der Waals surface area contributed by atoms with Crippen LogP contribution in [0.15, 0.2) is 29.3 Å². The van der Waals surface area contributed by atoms with Gasteiger partial charge in [-0.25, -0.2) is 0 Å². The first-order valence-electron chi connectivity index (χ1n) is 9.19. The molecule has 0 amide bonds. The number of rotatable bonds is 10. The highest BCUT2D eigenvalue weighted by Crippen LogP contribution is 2.12. The van der Waals surface area contributed by atoms with Crippen molar-refractivity contribution in [1.29, 1.82) is 0 Å². The van der Waals surface area contributed by atoms with E-state index in [1.165, 1.54) is 5.56 Å². The molecule has 2 rings (SSSR count). The number of ether oxygens (including phenoxy) is 2. The molecule has 0 aromatic heterocycles. The highest BCUT2D eigenvalue weighted by Gasteiger charge is 2.14. The van der Waals surface area contributed by atoms with E-state index in [9.17, 15) is 5.11 Å². The Bertz CT molecular complexity index is 499. The molecule has 1 fully saturated rings. The van der Waals surface area contributed by atoms with Crippen molar-refractivity contribution in [2.45, 2.75) is 38.2 Å². The maximum absolute atomic E-state index is 9.27. The largest absolute Gasteiger partial charge is 0.508 e. The number of nitrogens with one attached hydrogen (secondary N) is 2. The monoisotopic (exact) mass is 349 g/mol. The van der Waals surface area contributed by atoms with E-state index in [1.807, 2.05) is 12.1 Å². The van der Waals surface area contributed by atoms with Gasteiger partial charge in [0.2, 0.25) is 0 Å². The van der Waals surface area contributed by atoms with E-state index >= 15 is 0 Å². The summed E-state index contributed by atoms with van der Waals surface area (Å²) in [6.45, 7) is 4.03. The number of hydrogen-bond acceptors (Lipinski definition) is 4. The summed E-state index contributed by atoms with van der Waals surface area (Å²) in [6.07, 6.45) is 5.51. The van der Waals surface area contributed by atoms with E-state index in [0.29, 0.717) is 18.5 Å². The van der Waals surface area contributed by atoms with Crippen molar-refractivity contribution in [2.24, 2.45) is 4.99 Å². The normalized spacial score (nSPS) is 17.6. The molecule has 1 saturated heterocycles. The zero-order valence-corrected chi connectivity index (χ0v) is 15.2. The smallest absolute Gasteiger partial charge is 0.190 e. The Hall–Kier alpha value is -1.79. The van der Waals surface area contributed by atoms with Gasteiger partial charge in [-0.15, -0.1) is 0 Å². The molecule has 1 aliphatic rings. The van der Waals surface area contributed by atoms with Crippen molar-refractivity contribution >= 4 is 5.96 Å². The number of benzene rings is 1. The second-order valence-electron chi connectivity index (χ2n) is 6.26. The fraction of sp³-hybridized carbons (Fsp3) is 0.632. The lowest BCUT2D eigenvalue weighted by atomic mass is 10.1. The molecule has 1 aliphatic heterocycles. The molecular formula is C19H31N3O3. The number of aliphatic imine (C=N–C) groups is 1. The van der Waals surface area contributed by atoms with Gasteiger partial charge in [0.05, 0.1) is 12.7 Å². The van der Waals surface area contributed by atoms with Gasteiger partial charge in [0.25, 0.3) is 0 Å². The third kappa shape index (κ3) is 8.23. The highest BCUT2D eigenvalue weighted by molar-refractivity contribution is 5.79. The van der Waals surface area contributed by atoms with Gasteiger partial charge in [-0.05, 0) is 49.8 Å². The molecule has 140 valence electrons. The molecule has 1 atom stereocenters. The molecule has 0 radical (unpaired) electrons. The summed E-state index contributed by atoms with van der Waals surface area (Å²) < 4.78 is 11.2. The van der Waals surface area contributed by atoms with Crippen molar-refractivity contribution in [3.63, 3.8) is 0 Å². The number of guanidine groups is 1. The molecule has 3 N–H and O–H groups in total. The van der Waals surface area contributed by atoms with Gasteiger partial charge in [0.1, 0.15) is 5.75 Å². The summed E-state index contributed by atoms with van der Waals surface area (Å²) in [7, 11) is 1.78. The number of aromatic hydroxyl groups is 1. The molecule has 6 nitrogen and oxygen atoms in total. The van der Waals surface area contributed by atoms with Gasteiger partial charge < -0.3 is 25.2 Å². The Morgan fingerprint density at radius 2 is 2.00 bits per heavy atom. The number of nitrogens with zero attached hydrogens (tertiary/aromatic N) is 1. The minimum absolute atomic E-state index is 0.302. The van der Waals surface area contributed by atoms with E-state index in [-0.39, 0.29) is 0 Å². The summed E-state index contributed by atoms with van der Waals surface area (Å²) in [4.78, 5) is 4.23. The fourth-order valence-corrected chi connectivity index (χ4v) is 2.75. The Labute approximate surface area is 150 Å². The van der Waals surface area contributed by atoms with Crippen molar-refractivity contribution in [3.8, 4) is 5.75 Å². The standard InChI is InChI=1S/C19H31N3O3/c1-20-19(21-11-2-5-16-7-9-17(23)10-8-16)22-12-4-13-24-15-18-6-3-14-25-18/h7-10,18,23H,2-6,11-15H2,1H3,(H2,20,21,22). The average Bonchev–Trinajstić information content (AvgIpc) is 3.14. The van der Waals surface area contributed by atoms with Crippen LogP contribution in [-0.2, 0) is 15.9 Å². The van der Waals surface area contributed by atoms with E-state index < -0.39 is 0 Å². The lowest BCUT2D eigenvalue weighted by Crippen LogP contribution is -2.38. The zero-order valence-electron chi connectivity index (χ0n) is 15.2. The Kier molecular flexibility index (Phi) is 9.15. The maximum Gasteiger partial charge on any atom is 0.190 e. The minimum Gasteiger partial charge on any atom is -0.508 e. The maximum atomic E-state index is 9.27. The predicted octanol–water partition coefficient (Wildman–Crippen LogP) is 2.08. The molecule has 0 bridgehead atoms. The lowest BCUT2D eigenvalue weighted by molar-refractivity contribution is 0.0168. The molecule has 0 spiro atoms. The molecule has 1 unspecified atom stereocenters. The van der Waals surface area contributed by atoms with Gasteiger partial charge in [-0.1, -0.05) is 12.1 Å². The Morgan fingerprint density at radius 1 is 1.24 bits per heavy atom. The highest BCUT2D eigenvalue weighted by atomic mass is 16.5. The fourth-order valence-electron chi connectivity index (χ4n) is 2.75.